The van der Waals surface area contributed by atoms with Gasteiger partial charge in [-0.3, -0.25) is 14.6 Å². The Labute approximate surface area is 242 Å². The van der Waals surface area contributed by atoms with Gasteiger partial charge in [-0.05, 0) is 67.4 Å². The molecule has 41 heavy (non-hydrogen) atoms. The summed E-state index contributed by atoms with van der Waals surface area (Å²) in [5, 5.41) is 5.55. The van der Waals surface area contributed by atoms with Crippen molar-refractivity contribution in [1.82, 2.24) is 15.0 Å². The van der Waals surface area contributed by atoms with E-state index in [9.17, 15) is 18.4 Å². The van der Waals surface area contributed by atoms with Crippen molar-refractivity contribution < 1.29 is 18.4 Å². The molecule has 1 atom stereocenters. The van der Waals surface area contributed by atoms with Crippen LogP contribution in [0.3, 0.4) is 0 Å². The number of rotatable bonds is 6. The Bertz CT molecular complexity index is 1630. The Morgan fingerprint density at radius 3 is 2.76 bits per heavy atom. The number of nitrogens with one attached hydrogen (secondary N) is 2. The van der Waals surface area contributed by atoms with Crippen LogP contribution in [-0.4, -0.2) is 44.3 Å². The maximum absolute atomic E-state index is 15.0. The van der Waals surface area contributed by atoms with Crippen LogP contribution in [0.25, 0.3) is 11.3 Å². The lowest BCUT2D eigenvalue weighted by Crippen LogP contribution is -2.38. The van der Waals surface area contributed by atoms with Crippen molar-refractivity contribution >= 4 is 56.4 Å². The van der Waals surface area contributed by atoms with E-state index in [1.807, 2.05) is 19.1 Å². The molecule has 0 aliphatic carbocycles. The minimum Gasteiger partial charge on any atom is -0.324 e. The maximum atomic E-state index is 15.0. The predicted molar refractivity (Wildman–Crippen MR) is 159 cm³/mol. The molecular formula is C29H24F2N6O2S2. The van der Waals surface area contributed by atoms with E-state index in [0.29, 0.717) is 29.3 Å². The highest BCUT2D eigenvalue weighted by atomic mass is 33.1. The number of alkyl halides is 2. The van der Waals surface area contributed by atoms with Gasteiger partial charge in [-0.1, -0.05) is 27.7 Å². The Hall–Kier alpha value is -4.03. The highest BCUT2D eigenvalue weighted by Crippen LogP contribution is 2.47. The molecule has 0 radical (unpaired) electrons. The van der Waals surface area contributed by atoms with Gasteiger partial charge in [0.15, 0.2) is 0 Å². The van der Waals surface area contributed by atoms with Crippen LogP contribution >= 0.6 is 21.6 Å². The summed E-state index contributed by atoms with van der Waals surface area (Å²) < 4.78 is 29.9. The van der Waals surface area contributed by atoms with E-state index < -0.39 is 18.4 Å². The van der Waals surface area contributed by atoms with Gasteiger partial charge in [-0.25, -0.2) is 9.97 Å². The molecule has 0 bridgehead atoms. The van der Waals surface area contributed by atoms with Crippen LogP contribution in [0.1, 0.15) is 27.9 Å². The molecule has 1 saturated heterocycles. The number of aromatic nitrogens is 3. The summed E-state index contributed by atoms with van der Waals surface area (Å²) in [6, 6.07) is 14.9. The number of pyridine rings is 1. The zero-order chi connectivity index (χ0) is 28.6. The van der Waals surface area contributed by atoms with Gasteiger partial charge in [0.05, 0.1) is 23.2 Å². The SMILES string of the molecule is Cc1ccc(C(=O)Nc2ccc3c(c2)C(F)(F)CN3C(=O)C2CCSS2)cc1Nc1nccc(-c2cccnc2)n1. The largest absolute Gasteiger partial charge is 0.324 e. The zero-order valence-corrected chi connectivity index (χ0v) is 23.4. The minimum absolute atomic E-state index is 0.186. The number of carbonyl (C=O) groups is 2. The van der Waals surface area contributed by atoms with Gasteiger partial charge >= 0.3 is 0 Å². The molecule has 2 amide bonds. The van der Waals surface area contributed by atoms with Crippen LogP contribution in [0, 0.1) is 6.92 Å². The first-order valence-corrected chi connectivity index (χ1v) is 15.2. The van der Waals surface area contributed by atoms with Crippen LogP contribution in [0.15, 0.2) is 73.2 Å². The molecule has 0 spiro atoms. The number of anilines is 4. The van der Waals surface area contributed by atoms with Gasteiger partial charge in [0.25, 0.3) is 11.8 Å². The molecule has 2 aromatic heterocycles. The first-order valence-electron chi connectivity index (χ1n) is 12.8. The average molecular weight is 591 g/mol. The molecule has 1 fully saturated rings. The minimum atomic E-state index is -3.21. The first kappa shape index (κ1) is 27.2. The number of fused-ring (bicyclic) bond motifs is 1. The number of amides is 2. The second-order valence-electron chi connectivity index (χ2n) is 9.67. The Morgan fingerprint density at radius 1 is 1.10 bits per heavy atom. The molecular weight excluding hydrogens is 566 g/mol. The molecule has 2 aromatic carbocycles. The quantitative estimate of drug-likeness (QED) is 0.248. The molecule has 8 nitrogen and oxygen atoms in total. The topological polar surface area (TPSA) is 100 Å². The fourth-order valence-electron chi connectivity index (χ4n) is 4.70. The van der Waals surface area contributed by atoms with Gasteiger partial charge in [-0.15, -0.1) is 0 Å². The summed E-state index contributed by atoms with van der Waals surface area (Å²) in [4.78, 5) is 40.2. The highest BCUT2D eigenvalue weighted by Gasteiger charge is 2.47. The van der Waals surface area contributed by atoms with Gasteiger partial charge in [-0.2, -0.15) is 8.78 Å². The molecule has 1 unspecified atom stereocenters. The van der Waals surface area contributed by atoms with E-state index >= 15 is 0 Å². The molecule has 12 heteroatoms. The van der Waals surface area contributed by atoms with E-state index in [1.165, 1.54) is 27.8 Å². The van der Waals surface area contributed by atoms with Crippen molar-refractivity contribution in [2.24, 2.45) is 0 Å². The van der Waals surface area contributed by atoms with E-state index in [0.717, 1.165) is 16.9 Å². The second kappa shape index (κ2) is 11.1. The molecule has 2 N–H and O–H groups in total. The fraction of sp³-hybridized carbons (Fsp3) is 0.207. The first-order chi connectivity index (χ1) is 19.8. The van der Waals surface area contributed by atoms with Gasteiger partial charge in [0, 0.05) is 52.4 Å². The standard InChI is InChI=1S/C29H24F2N6O2S2/c1-17-4-5-18(13-23(17)36-28-33-11-8-22(35-28)19-3-2-10-32-15-19)26(38)34-20-6-7-24-21(14-20)29(30,31)16-37(24)27(39)25-9-12-40-41-25/h2-8,10-11,13-15,25H,9,12,16H2,1H3,(H,34,38)(H,33,35,36). The number of halogens is 2. The summed E-state index contributed by atoms with van der Waals surface area (Å²) in [6.45, 7) is 1.19. The smallest absolute Gasteiger partial charge is 0.292 e. The third kappa shape index (κ3) is 5.62. The molecule has 4 aromatic rings. The van der Waals surface area contributed by atoms with Crippen LogP contribution in [0.4, 0.5) is 31.8 Å². The number of hydrogen-bond acceptors (Lipinski definition) is 8. The van der Waals surface area contributed by atoms with Gasteiger partial charge in [0.1, 0.15) is 0 Å². The number of hydrogen-bond donors (Lipinski definition) is 2. The Morgan fingerprint density at radius 2 is 1.98 bits per heavy atom. The summed E-state index contributed by atoms with van der Waals surface area (Å²) in [7, 11) is 3.01. The number of nitrogens with zero attached hydrogens (tertiary/aromatic N) is 4. The summed E-state index contributed by atoms with van der Waals surface area (Å²) in [5.41, 5.74) is 3.47. The van der Waals surface area contributed by atoms with Crippen LogP contribution in [0.5, 0.6) is 0 Å². The van der Waals surface area contributed by atoms with Crippen LogP contribution in [-0.2, 0) is 10.7 Å². The maximum Gasteiger partial charge on any atom is 0.292 e. The van der Waals surface area contributed by atoms with E-state index in [2.05, 4.69) is 25.6 Å². The molecule has 0 saturated carbocycles. The lowest BCUT2D eigenvalue weighted by Gasteiger charge is -2.20. The lowest BCUT2D eigenvalue weighted by atomic mass is 10.1. The Kier molecular flexibility index (Phi) is 7.35. The van der Waals surface area contributed by atoms with Crippen molar-refractivity contribution in [1.29, 1.82) is 0 Å². The van der Waals surface area contributed by atoms with Crippen LogP contribution < -0.4 is 15.5 Å². The van der Waals surface area contributed by atoms with E-state index in [-0.39, 0.29) is 28.1 Å². The molecule has 2 aliphatic rings. The van der Waals surface area contributed by atoms with Crippen molar-refractivity contribution in [2.45, 2.75) is 24.5 Å². The van der Waals surface area contributed by atoms with Crippen molar-refractivity contribution in [2.75, 3.05) is 27.8 Å². The molecule has 6 rings (SSSR count). The van der Waals surface area contributed by atoms with E-state index in [1.54, 1.807) is 59.7 Å². The highest BCUT2D eigenvalue weighted by molar-refractivity contribution is 8.77. The molecule has 4 heterocycles. The fourth-order valence-corrected chi connectivity index (χ4v) is 7.47. The van der Waals surface area contributed by atoms with E-state index in [4.69, 9.17) is 0 Å². The normalized spacial score (nSPS) is 17.2. The number of aryl methyl sites for hydroxylation is 1. The van der Waals surface area contributed by atoms with Crippen molar-refractivity contribution in [3.8, 4) is 11.3 Å². The van der Waals surface area contributed by atoms with Gasteiger partial charge < -0.3 is 15.5 Å². The number of carbonyl (C=O) groups excluding carboxylic acids is 2. The monoisotopic (exact) mass is 590 g/mol. The third-order valence-corrected chi connectivity index (χ3v) is 9.66. The number of benzene rings is 2. The average Bonchev–Trinajstić information content (AvgIpc) is 3.61. The predicted octanol–water partition coefficient (Wildman–Crippen LogP) is 6.44. The summed E-state index contributed by atoms with van der Waals surface area (Å²) in [6.07, 6.45) is 5.69. The van der Waals surface area contributed by atoms with Crippen LogP contribution in [0.2, 0.25) is 0 Å². The molecule has 2 aliphatic heterocycles. The van der Waals surface area contributed by atoms with Gasteiger partial charge in [0.2, 0.25) is 11.9 Å². The molecule has 208 valence electrons. The zero-order valence-electron chi connectivity index (χ0n) is 21.8. The van der Waals surface area contributed by atoms with Crippen molar-refractivity contribution in [3.63, 3.8) is 0 Å². The second-order valence-corrected chi connectivity index (χ2v) is 12.4. The summed E-state index contributed by atoms with van der Waals surface area (Å²) in [5.74, 6) is -2.81. The lowest BCUT2D eigenvalue weighted by molar-refractivity contribution is -0.119. The Balaban J connectivity index is 1.20. The third-order valence-electron chi connectivity index (χ3n) is 6.84. The van der Waals surface area contributed by atoms with Crippen molar-refractivity contribution in [3.05, 3.63) is 89.9 Å². The summed E-state index contributed by atoms with van der Waals surface area (Å²) >= 11 is 0.